The number of amides is 1. The maximum absolute atomic E-state index is 12.0. The molecular formula is C15H22N2O2. The lowest BCUT2D eigenvalue weighted by Crippen LogP contribution is -2.40. The van der Waals surface area contributed by atoms with E-state index in [2.05, 4.69) is 5.32 Å². The Balaban J connectivity index is 1.78. The first kappa shape index (κ1) is 13.9. The van der Waals surface area contributed by atoms with Crippen LogP contribution >= 0.6 is 0 Å². The van der Waals surface area contributed by atoms with Crippen molar-refractivity contribution in [3.63, 3.8) is 0 Å². The number of nitrogens with one attached hydrogen (secondary N) is 1. The summed E-state index contributed by atoms with van der Waals surface area (Å²) in [4.78, 5) is 13.9. The van der Waals surface area contributed by atoms with E-state index in [1.165, 1.54) is 6.42 Å². The minimum absolute atomic E-state index is 0.203. The average Bonchev–Trinajstić information content (AvgIpc) is 2.48. The molecule has 1 aliphatic rings. The van der Waals surface area contributed by atoms with Crippen LogP contribution in [0.5, 0.6) is 5.75 Å². The van der Waals surface area contributed by atoms with Crippen molar-refractivity contribution < 1.29 is 9.53 Å². The van der Waals surface area contributed by atoms with Gasteiger partial charge in [0.25, 0.3) is 0 Å². The summed E-state index contributed by atoms with van der Waals surface area (Å²) in [5.41, 5.74) is 1.08. The zero-order valence-electron chi connectivity index (χ0n) is 11.5. The molecule has 1 N–H and O–H groups in total. The minimum Gasteiger partial charge on any atom is -0.496 e. The summed E-state index contributed by atoms with van der Waals surface area (Å²) < 4.78 is 5.28. The number of ether oxygens (including phenoxy) is 1. The number of carbonyl (C=O) groups is 1. The molecule has 0 aliphatic carbocycles. The van der Waals surface area contributed by atoms with E-state index in [1.807, 2.05) is 29.2 Å². The number of carbonyl (C=O) groups excluding carboxylic acids is 1. The van der Waals surface area contributed by atoms with Gasteiger partial charge in [0.05, 0.1) is 13.7 Å². The number of rotatable bonds is 5. The number of nitrogens with zero attached hydrogens (tertiary/aromatic N) is 1. The van der Waals surface area contributed by atoms with Crippen LogP contribution in [0, 0.1) is 0 Å². The molecule has 0 aromatic heterocycles. The SMILES string of the molecule is COc1ccccc1CNCC(=O)N1CCCCC1. The first-order valence-corrected chi connectivity index (χ1v) is 6.91. The van der Waals surface area contributed by atoms with E-state index >= 15 is 0 Å². The Kier molecular flexibility index (Phi) is 5.21. The lowest BCUT2D eigenvalue weighted by molar-refractivity contribution is -0.131. The van der Waals surface area contributed by atoms with Gasteiger partial charge >= 0.3 is 0 Å². The molecule has 0 radical (unpaired) electrons. The molecule has 1 saturated heterocycles. The average molecular weight is 262 g/mol. The van der Waals surface area contributed by atoms with E-state index in [1.54, 1.807) is 7.11 Å². The van der Waals surface area contributed by atoms with Gasteiger partial charge in [-0.15, -0.1) is 0 Å². The van der Waals surface area contributed by atoms with Crippen molar-refractivity contribution in [2.45, 2.75) is 25.8 Å². The second kappa shape index (κ2) is 7.14. The fourth-order valence-electron chi connectivity index (χ4n) is 2.41. The van der Waals surface area contributed by atoms with Crippen LogP contribution in [0.1, 0.15) is 24.8 Å². The van der Waals surface area contributed by atoms with Crippen molar-refractivity contribution >= 4 is 5.91 Å². The number of methoxy groups -OCH3 is 1. The predicted octanol–water partition coefficient (Wildman–Crippen LogP) is 1.80. The fourth-order valence-corrected chi connectivity index (χ4v) is 2.41. The van der Waals surface area contributed by atoms with E-state index in [-0.39, 0.29) is 5.91 Å². The summed E-state index contributed by atoms with van der Waals surface area (Å²) in [5.74, 6) is 1.06. The van der Waals surface area contributed by atoms with Crippen LogP contribution in [-0.4, -0.2) is 37.6 Å². The van der Waals surface area contributed by atoms with Gasteiger partial charge in [-0.05, 0) is 25.3 Å². The first-order valence-electron chi connectivity index (χ1n) is 6.91. The molecule has 1 amide bonds. The van der Waals surface area contributed by atoms with E-state index < -0.39 is 0 Å². The lowest BCUT2D eigenvalue weighted by Gasteiger charge is -2.26. The molecule has 0 saturated carbocycles. The maximum Gasteiger partial charge on any atom is 0.236 e. The molecule has 2 rings (SSSR count). The first-order chi connectivity index (χ1) is 9.31. The number of piperidine rings is 1. The Hall–Kier alpha value is -1.55. The second-order valence-electron chi connectivity index (χ2n) is 4.86. The zero-order valence-corrected chi connectivity index (χ0v) is 11.5. The Morgan fingerprint density at radius 3 is 2.74 bits per heavy atom. The van der Waals surface area contributed by atoms with Crippen LogP contribution < -0.4 is 10.1 Å². The third kappa shape index (κ3) is 3.96. The summed E-state index contributed by atoms with van der Waals surface area (Å²) in [7, 11) is 1.66. The topological polar surface area (TPSA) is 41.6 Å². The highest BCUT2D eigenvalue weighted by Crippen LogP contribution is 2.16. The van der Waals surface area contributed by atoms with Crippen LogP contribution in [0.4, 0.5) is 0 Å². The molecule has 0 spiro atoms. The Bertz CT molecular complexity index is 414. The summed E-state index contributed by atoms with van der Waals surface area (Å²) in [6.07, 6.45) is 3.52. The largest absolute Gasteiger partial charge is 0.496 e. The van der Waals surface area contributed by atoms with Gasteiger partial charge in [0.15, 0.2) is 0 Å². The van der Waals surface area contributed by atoms with Crippen molar-refractivity contribution in [2.24, 2.45) is 0 Å². The van der Waals surface area contributed by atoms with Crippen LogP contribution in [-0.2, 0) is 11.3 Å². The molecule has 1 heterocycles. The van der Waals surface area contributed by atoms with Crippen molar-refractivity contribution in [3.8, 4) is 5.75 Å². The van der Waals surface area contributed by atoms with Crippen molar-refractivity contribution in [1.82, 2.24) is 10.2 Å². The van der Waals surface area contributed by atoms with Gasteiger partial charge in [-0.1, -0.05) is 18.2 Å². The zero-order chi connectivity index (χ0) is 13.5. The highest BCUT2D eigenvalue weighted by atomic mass is 16.5. The summed E-state index contributed by atoms with van der Waals surface area (Å²) >= 11 is 0. The molecule has 4 heteroatoms. The van der Waals surface area contributed by atoms with Crippen LogP contribution in [0.2, 0.25) is 0 Å². The molecule has 0 bridgehead atoms. The predicted molar refractivity (Wildman–Crippen MR) is 75.1 cm³/mol. The summed E-state index contributed by atoms with van der Waals surface area (Å²) in [6.45, 7) is 2.88. The number of para-hydroxylation sites is 1. The van der Waals surface area contributed by atoms with Gasteiger partial charge in [-0.3, -0.25) is 4.79 Å². The highest BCUT2D eigenvalue weighted by molar-refractivity contribution is 5.78. The third-order valence-electron chi connectivity index (χ3n) is 3.49. The molecule has 104 valence electrons. The van der Waals surface area contributed by atoms with Gasteiger partial charge in [-0.2, -0.15) is 0 Å². The lowest BCUT2D eigenvalue weighted by atomic mass is 10.1. The number of hydrogen-bond acceptors (Lipinski definition) is 3. The molecule has 0 atom stereocenters. The van der Waals surface area contributed by atoms with Gasteiger partial charge in [-0.25, -0.2) is 0 Å². The maximum atomic E-state index is 12.0. The molecule has 19 heavy (non-hydrogen) atoms. The van der Waals surface area contributed by atoms with E-state index in [0.717, 1.165) is 37.2 Å². The Morgan fingerprint density at radius 2 is 2.00 bits per heavy atom. The third-order valence-corrected chi connectivity index (χ3v) is 3.49. The monoisotopic (exact) mass is 262 g/mol. The minimum atomic E-state index is 0.203. The Labute approximate surface area is 114 Å². The normalized spacial score (nSPS) is 15.3. The summed E-state index contributed by atoms with van der Waals surface area (Å²) in [6, 6.07) is 7.87. The van der Waals surface area contributed by atoms with Crippen LogP contribution in [0.25, 0.3) is 0 Å². The molecule has 1 aromatic rings. The standard InChI is InChI=1S/C15H22N2O2/c1-19-14-8-4-3-7-13(14)11-16-12-15(18)17-9-5-2-6-10-17/h3-4,7-8,16H,2,5-6,9-12H2,1H3. The Morgan fingerprint density at radius 1 is 1.26 bits per heavy atom. The highest BCUT2D eigenvalue weighted by Gasteiger charge is 2.15. The molecular weight excluding hydrogens is 240 g/mol. The van der Waals surface area contributed by atoms with Gasteiger partial charge in [0, 0.05) is 25.2 Å². The molecule has 0 unspecified atom stereocenters. The molecule has 1 aliphatic heterocycles. The van der Waals surface area contributed by atoms with Crippen LogP contribution in [0.15, 0.2) is 24.3 Å². The second-order valence-corrected chi connectivity index (χ2v) is 4.86. The van der Waals surface area contributed by atoms with Gasteiger partial charge in [0.2, 0.25) is 5.91 Å². The number of likely N-dealkylation sites (tertiary alicyclic amines) is 1. The molecule has 1 fully saturated rings. The molecule has 4 nitrogen and oxygen atoms in total. The van der Waals surface area contributed by atoms with Gasteiger partial charge in [0.1, 0.15) is 5.75 Å². The van der Waals surface area contributed by atoms with Crippen molar-refractivity contribution in [2.75, 3.05) is 26.7 Å². The van der Waals surface area contributed by atoms with Crippen molar-refractivity contribution in [3.05, 3.63) is 29.8 Å². The number of benzene rings is 1. The smallest absolute Gasteiger partial charge is 0.236 e. The van der Waals surface area contributed by atoms with Crippen molar-refractivity contribution in [1.29, 1.82) is 0 Å². The fraction of sp³-hybridized carbons (Fsp3) is 0.533. The van der Waals surface area contributed by atoms with E-state index in [9.17, 15) is 4.79 Å². The van der Waals surface area contributed by atoms with E-state index in [0.29, 0.717) is 13.1 Å². The molecule has 1 aromatic carbocycles. The van der Waals surface area contributed by atoms with E-state index in [4.69, 9.17) is 4.74 Å². The number of hydrogen-bond donors (Lipinski definition) is 1. The van der Waals surface area contributed by atoms with Gasteiger partial charge < -0.3 is 15.0 Å². The summed E-state index contributed by atoms with van der Waals surface area (Å²) in [5, 5.41) is 3.20. The quantitative estimate of drug-likeness (QED) is 0.879. The van der Waals surface area contributed by atoms with Crippen LogP contribution in [0.3, 0.4) is 0 Å².